The summed E-state index contributed by atoms with van der Waals surface area (Å²) in [5.74, 6) is 0.561. The zero-order valence-corrected chi connectivity index (χ0v) is 10.8. The summed E-state index contributed by atoms with van der Waals surface area (Å²) in [5.41, 5.74) is 2.73. The molecule has 0 radical (unpaired) electrons. The van der Waals surface area contributed by atoms with E-state index < -0.39 is 0 Å². The van der Waals surface area contributed by atoms with Gasteiger partial charge in [0.2, 0.25) is 0 Å². The summed E-state index contributed by atoms with van der Waals surface area (Å²) in [6.07, 6.45) is 3.86. The van der Waals surface area contributed by atoms with Crippen molar-refractivity contribution in [2.24, 2.45) is 13.0 Å². The van der Waals surface area contributed by atoms with Crippen LogP contribution in [0.5, 0.6) is 0 Å². The first kappa shape index (κ1) is 11.5. The Labute approximate surface area is 106 Å². The van der Waals surface area contributed by atoms with E-state index in [1.54, 1.807) is 7.05 Å². The minimum Gasteiger partial charge on any atom is -0.408 e. The van der Waals surface area contributed by atoms with Gasteiger partial charge in [-0.1, -0.05) is 18.9 Å². The maximum Gasteiger partial charge on any atom is 0.419 e. The minimum atomic E-state index is -0.301. The van der Waals surface area contributed by atoms with E-state index >= 15 is 0 Å². The Hall–Kier alpha value is -1.55. The van der Waals surface area contributed by atoms with Crippen LogP contribution in [0.15, 0.2) is 27.4 Å². The molecule has 1 heterocycles. The second kappa shape index (κ2) is 4.28. The lowest BCUT2D eigenvalue weighted by atomic mass is 10.0. The highest BCUT2D eigenvalue weighted by molar-refractivity contribution is 5.73. The van der Waals surface area contributed by atoms with Crippen LogP contribution >= 0.6 is 0 Å². The Morgan fingerprint density at radius 3 is 2.94 bits per heavy atom. The van der Waals surface area contributed by atoms with Gasteiger partial charge >= 0.3 is 5.76 Å². The smallest absolute Gasteiger partial charge is 0.408 e. The van der Waals surface area contributed by atoms with Gasteiger partial charge < -0.3 is 9.73 Å². The van der Waals surface area contributed by atoms with Crippen LogP contribution in [0.1, 0.15) is 30.9 Å². The number of aryl methyl sites for hydroxylation is 1. The molecule has 1 saturated carbocycles. The van der Waals surface area contributed by atoms with Crippen molar-refractivity contribution >= 4 is 11.1 Å². The Morgan fingerprint density at radius 2 is 2.28 bits per heavy atom. The van der Waals surface area contributed by atoms with Crippen molar-refractivity contribution in [2.75, 3.05) is 7.05 Å². The molecule has 0 spiro atoms. The topological polar surface area (TPSA) is 47.2 Å². The molecule has 4 nitrogen and oxygen atoms in total. The number of aromatic nitrogens is 1. The van der Waals surface area contributed by atoms with Crippen LogP contribution in [0, 0.1) is 5.92 Å². The largest absolute Gasteiger partial charge is 0.419 e. The Kier molecular flexibility index (Phi) is 2.74. The van der Waals surface area contributed by atoms with Crippen molar-refractivity contribution in [2.45, 2.75) is 25.3 Å². The summed E-state index contributed by atoms with van der Waals surface area (Å²) in [7, 11) is 3.71. The van der Waals surface area contributed by atoms with Gasteiger partial charge in [0.1, 0.15) is 0 Å². The number of hydrogen-bond acceptors (Lipinski definition) is 3. The Bertz CT molecular complexity index is 622. The molecule has 1 aliphatic rings. The molecule has 1 aromatic heterocycles. The van der Waals surface area contributed by atoms with Gasteiger partial charge in [-0.15, -0.1) is 0 Å². The molecule has 4 heteroatoms. The summed E-state index contributed by atoms with van der Waals surface area (Å²) >= 11 is 0. The van der Waals surface area contributed by atoms with Crippen LogP contribution in [0.4, 0.5) is 0 Å². The van der Waals surface area contributed by atoms with Crippen LogP contribution < -0.4 is 11.1 Å². The minimum absolute atomic E-state index is 0.301. The predicted octanol–water partition coefficient (Wildman–Crippen LogP) is 2.19. The number of nitrogens with one attached hydrogen (secondary N) is 1. The molecule has 0 aliphatic heterocycles. The van der Waals surface area contributed by atoms with Gasteiger partial charge in [-0.3, -0.25) is 4.57 Å². The normalized spacial score (nSPS) is 17.2. The maximum absolute atomic E-state index is 11.5. The lowest BCUT2D eigenvalue weighted by molar-refractivity contribution is 0.510. The Morgan fingerprint density at radius 1 is 1.50 bits per heavy atom. The molecule has 1 unspecified atom stereocenters. The first-order chi connectivity index (χ1) is 8.69. The summed E-state index contributed by atoms with van der Waals surface area (Å²) in [6, 6.07) is 6.39. The number of fused-ring (bicyclic) bond motifs is 1. The van der Waals surface area contributed by atoms with Crippen LogP contribution in [0.3, 0.4) is 0 Å². The average Bonchev–Trinajstić information content (AvgIpc) is 3.14. The number of rotatable bonds is 4. The van der Waals surface area contributed by atoms with Crippen molar-refractivity contribution in [3.05, 3.63) is 34.3 Å². The van der Waals surface area contributed by atoms with Gasteiger partial charge in [0.25, 0.3) is 0 Å². The standard InChI is InChI=1S/C14H18N2O2/c1-15-11(7-9-3-4-9)10-5-6-12-13(8-10)18-14(17)16(12)2/h5-6,8-9,11,15H,3-4,7H2,1-2H3. The quantitative estimate of drug-likeness (QED) is 0.899. The lowest BCUT2D eigenvalue weighted by Crippen LogP contribution is -2.16. The van der Waals surface area contributed by atoms with E-state index in [1.807, 2.05) is 19.2 Å². The number of hydrogen-bond donors (Lipinski definition) is 1. The van der Waals surface area contributed by atoms with Gasteiger partial charge in [-0.05, 0) is 37.1 Å². The van der Waals surface area contributed by atoms with Crippen molar-refractivity contribution in [1.29, 1.82) is 0 Å². The van der Waals surface area contributed by atoms with E-state index in [2.05, 4.69) is 11.4 Å². The molecule has 1 N–H and O–H groups in total. The van der Waals surface area contributed by atoms with E-state index in [1.165, 1.54) is 29.4 Å². The third-order valence-corrected chi connectivity index (χ3v) is 3.83. The summed E-state index contributed by atoms with van der Waals surface area (Å²) in [5, 5.41) is 3.35. The fourth-order valence-corrected chi connectivity index (χ4v) is 2.47. The molecule has 2 aromatic rings. The van der Waals surface area contributed by atoms with E-state index in [4.69, 9.17) is 4.42 Å². The molecule has 1 aromatic carbocycles. The zero-order valence-electron chi connectivity index (χ0n) is 10.8. The summed E-state index contributed by atoms with van der Waals surface area (Å²) in [4.78, 5) is 11.5. The van der Waals surface area contributed by atoms with Crippen molar-refractivity contribution in [3.8, 4) is 0 Å². The first-order valence-electron chi connectivity index (χ1n) is 6.46. The fourth-order valence-electron chi connectivity index (χ4n) is 2.47. The van der Waals surface area contributed by atoms with E-state index in [9.17, 15) is 4.79 Å². The highest BCUT2D eigenvalue weighted by Crippen LogP contribution is 2.37. The molecule has 0 amide bonds. The second-order valence-electron chi connectivity index (χ2n) is 5.17. The first-order valence-corrected chi connectivity index (χ1v) is 6.46. The summed E-state index contributed by atoms with van der Waals surface area (Å²) < 4.78 is 6.77. The number of nitrogens with zero attached hydrogens (tertiary/aromatic N) is 1. The predicted molar refractivity (Wildman–Crippen MR) is 70.6 cm³/mol. The molecule has 1 aliphatic carbocycles. The number of benzene rings is 1. The van der Waals surface area contributed by atoms with E-state index in [-0.39, 0.29) is 5.76 Å². The van der Waals surface area contributed by atoms with Crippen molar-refractivity contribution in [1.82, 2.24) is 9.88 Å². The average molecular weight is 246 g/mol. The number of oxazole rings is 1. The molecular formula is C14H18N2O2. The highest BCUT2D eigenvalue weighted by atomic mass is 16.4. The molecule has 1 fully saturated rings. The van der Waals surface area contributed by atoms with Crippen LogP contribution in [0.25, 0.3) is 11.1 Å². The molecule has 1 atom stereocenters. The Balaban J connectivity index is 1.98. The maximum atomic E-state index is 11.5. The molecule has 0 saturated heterocycles. The molecule has 18 heavy (non-hydrogen) atoms. The molecule has 3 rings (SSSR count). The van der Waals surface area contributed by atoms with Crippen LogP contribution in [-0.2, 0) is 7.05 Å². The van der Waals surface area contributed by atoms with Gasteiger partial charge in [0.05, 0.1) is 5.52 Å². The monoisotopic (exact) mass is 246 g/mol. The van der Waals surface area contributed by atoms with Crippen molar-refractivity contribution in [3.63, 3.8) is 0 Å². The van der Waals surface area contributed by atoms with Crippen LogP contribution in [-0.4, -0.2) is 11.6 Å². The van der Waals surface area contributed by atoms with Gasteiger partial charge in [0, 0.05) is 13.1 Å². The fraction of sp³-hybridized carbons (Fsp3) is 0.500. The highest BCUT2D eigenvalue weighted by Gasteiger charge is 2.25. The van der Waals surface area contributed by atoms with Crippen LogP contribution in [0.2, 0.25) is 0 Å². The third kappa shape index (κ3) is 1.97. The second-order valence-corrected chi connectivity index (χ2v) is 5.17. The van der Waals surface area contributed by atoms with Crippen molar-refractivity contribution < 1.29 is 4.42 Å². The third-order valence-electron chi connectivity index (χ3n) is 3.83. The molecule has 96 valence electrons. The lowest BCUT2D eigenvalue weighted by Gasteiger charge is -2.16. The van der Waals surface area contributed by atoms with E-state index in [0.29, 0.717) is 11.6 Å². The van der Waals surface area contributed by atoms with Gasteiger partial charge in [0.15, 0.2) is 5.58 Å². The molecule has 0 bridgehead atoms. The zero-order chi connectivity index (χ0) is 12.7. The SMILES string of the molecule is CNC(CC1CC1)c1ccc2c(c1)oc(=O)n2C. The summed E-state index contributed by atoms with van der Waals surface area (Å²) in [6.45, 7) is 0. The van der Waals surface area contributed by atoms with Gasteiger partial charge in [-0.2, -0.15) is 0 Å². The van der Waals surface area contributed by atoms with E-state index in [0.717, 1.165) is 11.4 Å². The molecular weight excluding hydrogens is 228 g/mol. The van der Waals surface area contributed by atoms with Gasteiger partial charge in [-0.25, -0.2) is 4.79 Å².